The Hall–Kier alpha value is -4.27. The number of aromatic nitrogens is 1. The minimum absolute atomic E-state index is 0.143. The number of fused-ring (bicyclic) bond motifs is 1. The minimum Gasteiger partial charge on any atom is -0.461 e. The van der Waals surface area contributed by atoms with Gasteiger partial charge < -0.3 is 20.2 Å². The van der Waals surface area contributed by atoms with E-state index in [0.717, 1.165) is 17.5 Å². The number of benzene rings is 2. The molecule has 1 fully saturated rings. The lowest BCUT2D eigenvalue weighted by Crippen LogP contribution is -2.29. The number of nitrogens with two attached hydrogens (primary N) is 1. The molecule has 0 saturated heterocycles. The monoisotopic (exact) mass is 463 g/mol. The summed E-state index contributed by atoms with van der Waals surface area (Å²) in [4.78, 5) is 28.3. The van der Waals surface area contributed by atoms with Crippen LogP contribution in [0.2, 0.25) is 0 Å². The van der Waals surface area contributed by atoms with Gasteiger partial charge in [-0.3, -0.25) is 14.6 Å². The molecule has 4 aromatic rings. The molecule has 0 spiro atoms. The largest absolute Gasteiger partial charge is 0.461 e. The van der Waals surface area contributed by atoms with Gasteiger partial charge in [0.2, 0.25) is 11.8 Å². The van der Waals surface area contributed by atoms with E-state index in [2.05, 4.69) is 10.3 Å². The average Bonchev–Trinajstić information content (AvgIpc) is 3.52. The van der Waals surface area contributed by atoms with Crippen LogP contribution >= 0.6 is 0 Å². The SMILES string of the molecule is NC(=O)C1(c2cc(Oc3cc(F)c(NC(=O)Cc4cc5ccccc5o4)cc3F)ccn2)CC1. The summed E-state index contributed by atoms with van der Waals surface area (Å²) in [6.07, 6.45) is 2.42. The number of nitrogens with zero attached hydrogens (tertiary/aromatic N) is 1. The summed E-state index contributed by atoms with van der Waals surface area (Å²) >= 11 is 0. The van der Waals surface area contributed by atoms with Gasteiger partial charge in [0.15, 0.2) is 17.4 Å². The topological polar surface area (TPSA) is 107 Å². The number of para-hydroxylation sites is 1. The van der Waals surface area contributed by atoms with E-state index in [0.29, 0.717) is 29.9 Å². The van der Waals surface area contributed by atoms with Gasteiger partial charge in [0.1, 0.15) is 17.1 Å². The van der Waals surface area contributed by atoms with Crippen LogP contribution in [0.1, 0.15) is 24.3 Å². The van der Waals surface area contributed by atoms with E-state index < -0.39 is 28.9 Å². The lowest BCUT2D eigenvalue weighted by atomic mass is 10.0. The first-order valence-corrected chi connectivity index (χ1v) is 10.5. The maximum Gasteiger partial charge on any atom is 0.232 e. The molecule has 2 heterocycles. The quantitative estimate of drug-likeness (QED) is 0.417. The van der Waals surface area contributed by atoms with E-state index in [4.69, 9.17) is 14.9 Å². The maximum atomic E-state index is 14.7. The van der Waals surface area contributed by atoms with Crippen LogP contribution in [-0.4, -0.2) is 16.8 Å². The van der Waals surface area contributed by atoms with Gasteiger partial charge in [0.25, 0.3) is 0 Å². The third-order valence-electron chi connectivity index (χ3n) is 5.78. The molecule has 9 heteroatoms. The molecule has 34 heavy (non-hydrogen) atoms. The number of rotatable bonds is 7. The van der Waals surface area contributed by atoms with E-state index in [1.54, 1.807) is 12.1 Å². The molecule has 5 rings (SSSR count). The zero-order valence-corrected chi connectivity index (χ0v) is 17.8. The summed E-state index contributed by atoms with van der Waals surface area (Å²) < 4.78 is 40.4. The Morgan fingerprint density at radius 2 is 1.88 bits per heavy atom. The minimum atomic E-state index is -0.880. The lowest BCUT2D eigenvalue weighted by Gasteiger charge is -2.13. The van der Waals surface area contributed by atoms with Crippen molar-refractivity contribution in [3.8, 4) is 11.5 Å². The van der Waals surface area contributed by atoms with Crippen molar-refractivity contribution in [2.45, 2.75) is 24.7 Å². The van der Waals surface area contributed by atoms with Crippen LogP contribution < -0.4 is 15.8 Å². The van der Waals surface area contributed by atoms with E-state index in [1.807, 2.05) is 18.2 Å². The predicted molar refractivity (Wildman–Crippen MR) is 119 cm³/mol. The Morgan fingerprint density at radius 3 is 2.62 bits per heavy atom. The molecule has 1 aliphatic rings. The first kappa shape index (κ1) is 21.6. The molecular formula is C25H19F2N3O4. The molecular weight excluding hydrogens is 444 g/mol. The number of ether oxygens (including phenoxy) is 1. The van der Waals surface area contributed by atoms with Crippen molar-refractivity contribution in [2.24, 2.45) is 5.73 Å². The second-order valence-electron chi connectivity index (χ2n) is 8.16. The third-order valence-corrected chi connectivity index (χ3v) is 5.78. The first-order valence-electron chi connectivity index (χ1n) is 10.5. The molecule has 0 aliphatic heterocycles. The second-order valence-corrected chi connectivity index (χ2v) is 8.16. The number of hydrogen-bond acceptors (Lipinski definition) is 5. The Labute approximate surface area is 192 Å². The van der Waals surface area contributed by atoms with Gasteiger partial charge in [0, 0.05) is 29.8 Å². The van der Waals surface area contributed by atoms with Gasteiger partial charge in [-0.05, 0) is 31.0 Å². The molecule has 1 saturated carbocycles. The van der Waals surface area contributed by atoms with E-state index in [9.17, 15) is 18.4 Å². The number of furan rings is 1. The highest BCUT2D eigenvalue weighted by atomic mass is 19.1. The number of amides is 2. The van der Waals surface area contributed by atoms with Crippen LogP contribution in [0.4, 0.5) is 14.5 Å². The van der Waals surface area contributed by atoms with E-state index in [1.165, 1.54) is 18.3 Å². The van der Waals surface area contributed by atoms with Crippen LogP contribution in [-0.2, 0) is 21.4 Å². The molecule has 1 aliphatic carbocycles. The summed E-state index contributed by atoms with van der Waals surface area (Å²) in [5.41, 5.74) is 5.36. The molecule has 2 aromatic carbocycles. The molecule has 0 unspecified atom stereocenters. The van der Waals surface area contributed by atoms with Gasteiger partial charge >= 0.3 is 0 Å². The summed E-state index contributed by atoms with van der Waals surface area (Å²) in [7, 11) is 0. The predicted octanol–water partition coefficient (Wildman–Crippen LogP) is 4.60. The lowest BCUT2D eigenvalue weighted by molar-refractivity contribution is -0.120. The number of carbonyl (C=O) groups excluding carboxylic acids is 2. The molecule has 0 bridgehead atoms. The van der Waals surface area contributed by atoms with Crippen LogP contribution in [0.25, 0.3) is 11.0 Å². The van der Waals surface area contributed by atoms with Crippen LogP contribution in [0.5, 0.6) is 11.5 Å². The normalized spacial score (nSPS) is 14.1. The van der Waals surface area contributed by atoms with Crippen molar-refractivity contribution in [2.75, 3.05) is 5.32 Å². The molecule has 2 amide bonds. The van der Waals surface area contributed by atoms with Crippen molar-refractivity contribution in [1.29, 1.82) is 0 Å². The molecule has 0 radical (unpaired) electrons. The Kier molecular flexibility index (Phi) is 5.24. The molecule has 3 N–H and O–H groups in total. The Morgan fingerprint density at radius 1 is 1.09 bits per heavy atom. The summed E-state index contributed by atoms with van der Waals surface area (Å²) in [6.45, 7) is 0. The fourth-order valence-corrected chi connectivity index (χ4v) is 3.80. The van der Waals surface area contributed by atoms with Crippen LogP contribution in [0.3, 0.4) is 0 Å². The van der Waals surface area contributed by atoms with Crippen molar-refractivity contribution >= 4 is 28.5 Å². The molecule has 7 nitrogen and oxygen atoms in total. The molecule has 0 atom stereocenters. The van der Waals surface area contributed by atoms with Crippen molar-refractivity contribution in [1.82, 2.24) is 4.98 Å². The first-order chi connectivity index (χ1) is 16.3. The zero-order valence-electron chi connectivity index (χ0n) is 17.8. The van der Waals surface area contributed by atoms with Gasteiger partial charge in [-0.2, -0.15) is 0 Å². The number of hydrogen-bond donors (Lipinski definition) is 2. The zero-order chi connectivity index (χ0) is 23.9. The number of carbonyl (C=O) groups is 2. The van der Waals surface area contributed by atoms with Gasteiger partial charge in [-0.1, -0.05) is 18.2 Å². The van der Waals surface area contributed by atoms with Gasteiger partial charge in [0.05, 0.1) is 23.2 Å². The standard InChI is InChI=1S/C25H19F2N3O4/c26-17-13-21(33-15-5-8-29-22(10-15)25(6-7-25)24(28)32)18(27)12-19(17)30-23(31)11-16-9-14-3-1-2-4-20(14)34-16/h1-5,8-10,12-13H,6-7,11H2,(H2,28,32)(H,30,31). The van der Waals surface area contributed by atoms with Crippen molar-refractivity contribution < 1.29 is 27.5 Å². The second kappa shape index (κ2) is 8.26. The van der Waals surface area contributed by atoms with Crippen LogP contribution in [0, 0.1) is 11.6 Å². The number of pyridine rings is 1. The molecule has 172 valence electrons. The maximum absolute atomic E-state index is 14.7. The molecule has 2 aromatic heterocycles. The highest BCUT2D eigenvalue weighted by Gasteiger charge is 2.51. The summed E-state index contributed by atoms with van der Waals surface area (Å²) in [6, 6.07) is 13.6. The fourth-order valence-electron chi connectivity index (χ4n) is 3.80. The highest BCUT2D eigenvalue weighted by Crippen LogP contribution is 2.47. The fraction of sp³-hybridized carbons (Fsp3) is 0.160. The number of halogens is 2. The van der Waals surface area contributed by atoms with Crippen molar-refractivity contribution in [3.63, 3.8) is 0 Å². The Bertz CT molecular complexity index is 1400. The third kappa shape index (κ3) is 4.07. The van der Waals surface area contributed by atoms with Gasteiger partial charge in [-0.15, -0.1) is 0 Å². The highest BCUT2D eigenvalue weighted by molar-refractivity contribution is 5.93. The number of anilines is 1. The summed E-state index contributed by atoms with van der Waals surface area (Å²) in [5, 5.41) is 3.19. The van der Waals surface area contributed by atoms with E-state index in [-0.39, 0.29) is 23.6 Å². The van der Waals surface area contributed by atoms with Crippen LogP contribution in [0.15, 0.2) is 65.2 Å². The number of primary amides is 1. The summed E-state index contributed by atoms with van der Waals surface area (Å²) in [5.74, 6) is -2.61. The Balaban J connectivity index is 1.30. The van der Waals surface area contributed by atoms with Gasteiger partial charge in [-0.25, -0.2) is 8.78 Å². The average molecular weight is 463 g/mol. The number of nitrogens with one attached hydrogen (secondary N) is 1. The van der Waals surface area contributed by atoms with Crippen molar-refractivity contribution in [3.05, 3.63) is 83.9 Å². The smallest absolute Gasteiger partial charge is 0.232 e. The van der Waals surface area contributed by atoms with E-state index >= 15 is 0 Å².